The summed E-state index contributed by atoms with van der Waals surface area (Å²) < 4.78 is 12.8. The van der Waals surface area contributed by atoms with E-state index in [1.54, 1.807) is 0 Å². The van der Waals surface area contributed by atoms with Crippen molar-refractivity contribution >= 4 is 5.82 Å². The van der Waals surface area contributed by atoms with E-state index in [9.17, 15) is 4.39 Å². The molecule has 4 heteroatoms. The molecule has 1 rings (SSSR count). The fraction of sp³-hybridized carbons (Fsp3) is 0.714. The molecule has 0 aliphatic carbocycles. The van der Waals surface area contributed by atoms with Gasteiger partial charge < -0.3 is 5.32 Å². The number of aromatic nitrogens is 2. The van der Waals surface area contributed by atoms with Gasteiger partial charge in [-0.25, -0.2) is 9.97 Å². The minimum atomic E-state index is -0.483. The van der Waals surface area contributed by atoms with Crippen LogP contribution in [0.15, 0.2) is 12.4 Å². The molecule has 0 aliphatic rings. The minimum absolute atomic E-state index is 0.483. The smallest absolute Gasteiger partial charge is 0.217 e. The van der Waals surface area contributed by atoms with E-state index in [1.165, 1.54) is 57.3 Å². The molecule has 0 fully saturated rings. The normalized spacial score (nSPS) is 10.6. The van der Waals surface area contributed by atoms with Crippen molar-refractivity contribution in [3.63, 3.8) is 0 Å². The van der Waals surface area contributed by atoms with Gasteiger partial charge in [0.25, 0.3) is 0 Å². The van der Waals surface area contributed by atoms with Crippen molar-refractivity contribution < 1.29 is 4.39 Å². The second-order valence-electron chi connectivity index (χ2n) is 4.63. The Kier molecular flexibility index (Phi) is 8.10. The van der Waals surface area contributed by atoms with Crippen molar-refractivity contribution in [1.82, 2.24) is 9.97 Å². The second-order valence-corrected chi connectivity index (χ2v) is 4.63. The molecule has 0 bridgehead atoms. The lowest BCUT2D eigenvalue weighted by molar-refractivity contribution is 0.577. The van der Waals surface area contributed by atoms with Crippen LogP contribution in [0.3, 0.4) is 0 Å². The van der Waals surface area contributed by atoms with Gasteiger partial charge in [-0.2, -0.15) is 4.39 Å². The molecule has 0 unspecified atom stereocenters. The van der Waals surface area contributed by atoms with Gasteiger partial charge in [0, 0.05) is 12.6 Å². The van der Waals surface area contributed by atoms with Crippen LogP contribution in [0, 0.1) is 5.95 Å². The van der Waals surface area contributed by atoms with Crippen LogP contribution in [0.2, 0.25) is 0 Å². The Morgan fingerprint density at radius 2 is 1.67 bits per heavy atom. The van der Waals surface area contributed by atoms with Gasteiger partial charge >= 0.3 is 0 Å². The first-order chi connectivity index (χ1) is 8.83. The van der Waals surface area contributed by atoms with Gasteiger partial charge in [0.15, 0.2) is 0 Å². The average Bonchev–Trinajstić information content (AvgIpc) is 2.37. The van der Waals surface area contributed by atoms with Gasteiger partial charge in [-0.15, -0.1) is 0 Å². The summed E-state index contributed by atoms with van der Waals surface area (Å²) in [6, 6.07) is 1.32. The number of anilines is 1. The summed E-state index contributed by atoms with van der Waals surface area (Å²) >= 11 is 0. The standard InChI is InChI=1S/C14H24FN3/c1-2-3-4-5-6-7-8-9-10-16-14-11-13(15)17-12-18-14/h11-12H,2-10H2,1H3,(H,16,17,18). The number of unbranched alkanes of at least 4 members (excludes halogenated alkanes) is 7. The monoisotopic (exact) mass is 253 g/mol. The van der Waals surface area contributed by atoms with Crippen molar-refractivity contribution in [2.24, 2.45) is 0 Å². The van der Waals surface area contributed by atoms with Crippen molar-refractivity contribution in [3.05, 3.63) is 18.3 Å². The fourth-order valence-corrected chi connectivity index (χ4v) is 1.91. The topological polar surface area (TPSA) is 37.8 Å². The number of halogens is 1. The van der Waals surface area contributed by atoms with Crippen LogP contribution in [0.4, 0.5) is 10.2 Å². The molecule has 1 heterocycles. The lowest BCUT2D eigenvalue weighted by Gasteiger charge is -2.05. The highest BCUT2D eigenvalue weighted by Gasteiger charge is 1.96. The van der Waals surface area contributed by atoms with E-state index < -0.39 is 5.95 Å². The van der Waals surface area contributed by atoms with Gasteiger partial charge in [-0.05, 0) is 6.42 Å². The van der Waals surface area contributed by atoms with Gasteiger partial charge in [-0.3, -0.25) is 0 Å². The summed E-state index contributed by atoms with van der Waals surface area (Å²) in [5.74, 6) is 0.0915. The average molecular weight is 253 g/mol. The summed E-state index contributed by atoms with van der Waals surface area (Å²) in [5.41, 5.74) is 0. The van der Waals surface area contributed by atoms with Crippen LogP contribution in [0.25, 0.3) is 0 Å². The Labute approximate surface area is 109 Å². The van der Waals surface area contributed by atoms with Gasteiger partial charge in [0.2, 0.25) is 5.95 Å². The number of nitrogens with zero attached hydrogens (tertiary/aromatic N) is 2. The highest BCUT2D eigenvalue weighted by atomic mass is 19.1. The van der Waals surface area contributed by atoms with Crippen LogP contribution in [0.1, 0.15) is 58.3 Å². The van der Waals surface area contributed by atoms with Crippen molar-refractivity contribution in [2.75, 3.05) is 11.9 Å². The van der Waals surface area contributed by atoms with Crippen LogP contribution in [-0.4, -0.2) is 16.5 Å². The van der Waals surface area contributed by atoms with Crippen molar-refractivity contribution in [2.45, 2.75) is 58.3 Å². The lowest BCUT2D eigenvalue weighted by atomic mass is 10.1. The Morgan fingerprint density at radius 1 is 1.00 bits per heavy atom. The minimum Gasteiger partial charge on any atom is -0.370 e. The number of hydrogen-bond donors (Lipinski definition) is 1. The third-order valence-electron chi connectivity index (χ3n) is 2.97. The largest absolute Gasteiger partial charge is 0.370 e. The molecule has 102 valence electrons. The molecule has 0 saturated heterocycles. The summed E-state index contributed by atoms with van der Waals surface area (Å²) in [6.45, 7) is 3.09. The maximum Gasteiger partial charge on any atom is 0.217 e. The van der Waals surface area contributed by atoms with Crippen molar-refractivity contribution in [1.29, 1.82) is 0 Å². The maximum absolute atomic E-state index is 12.8. The number of hydrogen-bond acceptors (Lipinski definition) is 3. The first-order valence-electron chi connectivity index (χ1n) is 7.04. The van der Waals surface area contributed by atoms with E-state index in [1.807, 2.05) is 0 Å². The Bertz CT molecular complexity index is 318. The molecule has 0 aromatic carbocycles. The van der Waals surface area contributed by atoms with Gasteiger partial charge in [0.05, 0.1) is 0 Å². The molecule has 1 N–H and O–H groups in total. The lowest BCUT2D eigenvalue weighted by Crippen LogP contribution is -2.04. The fourth-order valence-electron chi connectivity index (χ4n) is 1.91. The van der Waals surface area contributed by atoms with Crippen molar-refractivity contribution in [3.8, 4) is 0 Å². The molecule has 0 saturated carbocycles. The van der Waals surface area contributed by atoms with Gasteiger partial charge in [-0.1, -0.05) is 51.9 Å². The Morgan fingerprint density at radius 3 is 2.33 bits per heavy atom. The predicted molar refractivity (Wildman–Crippen MR) is 73.1 cm³/mol. The quantitative estimate of drug-likeness (QED) is 0.502. The first-order valence-corrected chi connectivity index (χ1v) is 7.04. The molecule has 1 aromatic heterocycles. The molecule has 0 spiro atoms. The van der Waals surface area contributed by atoms with Crippen LogP contribution in [0.5, 0.6) is 0 Å². The van der Waals surface area contributed by atoms with E-state index in [-0.39, 0.29) is 0 Å². The molecular weight excluding hydrogens is 229 g/mol. The van der Waals surface area contributed by atoms with Crippen LogP contribution >= 0.6 is 0 Å². The highest BCUT2D eigenvalue weighted by Crippen LogP contribution is 2.09. The molecule has 0 aliphatic heterocycles. The van der Waals surface area contributed by atoms with E-state index in [0.29, 0.717) is 5.82 Å². The van der Waals surface area contributed by atoms with E-state index in [2.05, 4.69) is 22.2 Å². The zero-order chi connectivity index (χ0) is 13.1. The number of nitrogens with one attached hydrogen (secondary N) is 1. The predicted octanol–water partition coefficient (Wildman–Crippen LogP) is 4.17. The molecule has 0 amide bonds. The molecule has 0 radical (unpaired) electrons. The third kappa shape index (κ3) is 7.20. The molecule has 18 heavy (non-hydrogen) atoms. The summed E-state index contributed by atoms with van der Waals surface area (Å²) in [5, 5.41) is 3.11. The summed E-state index contributed by atoms with van der Waals surface area (Å²) in [7, 11) is 0. The maximum atomic E-state index is 12.8. The molecule has 1 aromatic rings. The molecular formula is C14H24FN3. The summed E-state index contributed by atoms with van der Waals surface area (Å²) in [4.78, 5) is 7.36. The van der Waals surface area contributed by atoms with E-state index >= 15 is 0 Å². The van der Waals surface area contributed by atoms with E-state index in [4.69, 9.17) is 0 Å². The summed E-state index contributed by atoms with van der Waals surface area (Å²) in [6.07, 6.45) is 11.6. The zero-order valence-electron chi connectivity index (χ0n) is 11.3. The van der Waals surface area contributed by atoms with Crippen LogP contribution in [-0.2, 0) is 0 Å². The molecule has 3 nitrogen and oxygen atoms in total. The Balaban J connectivity index is 1.92. The number of rotatable bonds is 10. The third-order valence-corrected chi connectivity index (χ3v) is 2.97. The zero-order valence-corrected chi connectivity index (χ0v) is 11.3. The van der Waals surface area contributed by atoms with E-state index in [0.717, 1.165) is 13.0 Å². The second kappa shape index (κ2) is 9.80. The highest BCUT2D eigenvalue weighted by molar-refractivity contribution is 5.31. The first kappa shape index (κ1) is 14.9. The SMILES string of the molecule is CCCCCCCCCCNc1cc(F)ncn1. The van der Waals surface area contributed by atoms with Crippen LogP contribution < -0.4 is 5.32 Å². The Hall–Kier alpha value is -1.19. The van der Waals surface area contributed by atoms with Gasteiger partial charge in [0.1, 0.15) is 12.1 Å². The molecule has 0 atom stereocenters.